The molecule has 7 heteroatoms. The Bertz CT molecular complexity index is 1210. The smallest absolute Gasteiger partial charge is 0.305 e. The van der Waals surface area contributed by atoms with E-state index in [4.69, 9.17) is 9.15 Å². The molecule has 0 atom stereocenters. The van der Waals surface area contributed by atoms with Gasteiger partial charge in [-0.05, 0) is 52.7 Å². The van der Waals surface area contributed by atoms with Crippen molar-refractivity contribution in [2.24, 2.45) is 0 Å². The topological polar surface area (TPSA) is 80.6 Å². The Morgan fingerprint density at radius 3 is 2.48 bits per heavy atom. The molecule has 0 fully saturated rings. The highest BCUT2D eigenvalue weighted by Gasteiger charge is 2.13. The molecule has 3 aromatic carbocycles. The summed E-state index contributed by atoms with van der Waals surface area (Å²) in [6, 6.07) is 22.2. The standard InChI is InChI=1S/C24H19FN2O4/c25-18-8-10-19(11-9-18)30-15-20-12-13-22(31-20)24(29)27-26-23(28)14-17-6-3-5-16-4-1-2-7-21(16)17/h1-13H,14-15H2,(H,26,28)(H,27,29). The van der Waals surface area contributed by atoms with Crippen LogP contribution in [0, 0.1) is 5.82 Å². The minimum atomic E-state index is -0.584. The lowest BCUT2D eigenvalue weighted by atomic mass is 10.0. The molecule has 0 unspecified atom stereocenters. The van der Waals surface area contributed by atoms with Crippen LogP contribution in [0.1, 0.15) is 21.9 Å². The zero-order valence-electron chi connectivity index (χ0n) is 16.4. The monoisotopic (exact) mass is 418 g/mol. The summed E-state index contributed by atoms with van der Waals surface area (Å²) in [5.41, 5.74) is 5.61. The zero-order chi connectivity index (χ0) is 21.6. The molecule has 0 bridgehead atoms. The first-order chi connectivity index (χ1) is 15.1. The zero-order valence-corrected chi connectivity index (χ0v) is 16.4. The summed E-state index contributed by atoms with van der Waals surface area (Å²) < 4.78 is 23.8. The third kappa shape index (κ3) is 5.08. The maximum absolute atomic E-state index is 12.9. The Labute approximate surface area is 177 Å². The second kappa shape index (κ2) is 9.13. The third-order valence-corrected chi connectivity index (χ3v) is 4.63. The van der Waals surface area contributed by atoms with E-state index in [0.29, 0.717) is 11.5 Å². The predicted molar refractivity (Wildman–Crippen MR) is 113 cm³/mol. The van der Waals surface area contributed by atoms with Crippen LogP contribution in [0.25, 0.3) is 10.8 Å². The van der Waals surface area contributed by atoms with Crippen molar-refractivity contribution in [3.63, 3.8) is 0 Å². The van der Waals surface area contributed by atoms with Crippen LogP contribution in [0.2, 0.25) is 0 Å². The Kier molecular flexibility index (Phi) is 5.93. The van der Waals surface area contributed by atoms with Crippen LogP contribution in [0.3, 0.4) is 0 Å². The van der Waals surface area contributed by atoms with Gasteiger partial charge in [-0.2, -0.15) is 0 Å². The Hall–Kier alpha value is -4.13. The first-order valence-electron chi connectivity index (χ1n) is 9.61. The van der Waals surface area contributed by atoms with Crippen LogP contribution >= 0.6 is 0 Å². The number of hydrazine groups is 1. The molecular formula is C24H19FN2O4. The lowest BCUT2D eigenvalue weighted by Gasteiger charge is -2.08. The quantitative estimate of drug-likeness (QED) is 0.461. The average molecular weight is 418 g/mol. The van der Waals surface area contributed by atoms with Crippen LogP contribution in [0.15, 0.2) is 83.3 Å². The summed E-state index contributed by atoms with van der Waals surface area (Å²) in [6.07, 6.45) is 0.122. The summed E-state index contributed by atoms with van der Waals surface area (Å²) in [5.74, 6) is -0.369. The van der Waals surface area contributed by atoms with Crippen molar-refractivity contribution in [3.8, 4) is 5.75 Å². The highest BCUT2D eigenvalue weighted by molar-refractivity contribution is 5.94. The number of carbonyl (C=O) groups excluding carboxylic acids is 2. The van der Waals surface area contributed by atoms with Gasteiger partial charge < -0.3 is 9.15 Å². The minimum absolute atomic E-state index is 0.0307. The number of nitrogens with one attached hydrogen (secondary N) is 2. The van der Waals surface area contributed by atoms with Gasteiger partial charge in [0.1, 0.15) is 23.9 Å². The van der Waals surface area contributed by atoms with Crippen molar-refractivity contribution >= 4 is 22.6 Å². The van der Waals surface area contributed by atoms with Crippen LogP contribution in [0.4, 0.5) is 4.39 Å². The van der Waals surface area contributed by atoms with E-state index in [9.17, 15) is 14.0 Å². The molecule has 0 spiro atoms. The molecule has 2 amide bonds. The molecule has 0 aliphatic rings. The molecule has 1 aromatic heterocycles. The van der Waals surface area contributed by atoms with E-state index >= 15 is 0 Å². The van der Waals surface area contributed by atoms with E-state index in [1.54, 1.807) is 6.07 Å². The van der Waals surface area contributed by atoms with Gasteiger partial charge >= 0.3 is 5.91 Å². The Balaban J connectivity index is 1.29. The number of carbonyl (C=O) groups is 2. The molecule has 0 saturated carbocycles. The molecule has 0 radical (unpaired) electrons. The van der Waals surface area contributed by atoms with E-state index in [-0.39, 0.29) is 30.5 Å². The number of fused-ring (bicyclic) bond motifs is 1. The maximum atomic E-state index is 12.9. The fourth-order valence-electron chi connectivity index (χ4n) is 3.11. The molecule has 0 saturated heterocycles. The van der Waals surface area contributed by atoms with Crippen molar-refractivity contribution in [1.29, 1.82) is 0 Å². The van der Waals surface area contributed by atoms with Gasteiger partial charge in [-0.25, -0.2) is 4.39 Å². The summed E-state index contributed by atoms with van der Waals surface area (Å²) in [6.45, 7) is 0.0757. The molecule has 2 N–H and O–H groups in total. The molecule has 31 heavy (non-hydrogen) atoms. The number of rotatable bonds is 6. The molecule has 6 nitrogen and oxygen atoms in total. The van der Waals surface area contributed by atoms with Gasteiger partial charge in [-0.1, -0.05) is 42.5 Å². The molecule has 156 valence electrons. The highest BCUT2D eigenvalue weighted by Crippen LogP contribution is 2.19. The second-order valence-electron chi connectivity index (χ2n) is 6.83. The maximum Gasteiger partial charge on any atom is 0.305 e. The first kappa shape index (κ1) is 20.2. The first-order valence-corrected chi connectivity index (χ1v) is 9.61. The lowest BCUT2D eigenvalue weighted by molar-refractivity contribution is -0.121. The number of halogens is 1. The average Bonchev–Trinajstić information content (AvgIpc) is 3.27. The van der Waals surface area contributed by atoms with Crippen molar-refractivity contribution in [3.05, 3.63) is 102 Å². The molecule has 0 aliphatic carbocycles. The number of benzene rings is 3. The van der Waals surface area contributed by atoms with E-state index in [1.165, 1.54) is 30.3 Å². The number of furan rings is 1. The van der Waals surface area contributed by atoms with Crippen LogP contribution in [0.5, 0.6) is 5.75 Å². The molecule has 4 rings (SSSR count). The van der Waals surface area contributed by atoms with Gasteiger partial charge in [0, 0.05) is 0 Å². The fraction of sp³-hybridized carbons (Fsp3) is 0.0833. The predicted octanol–water partition coefficient (Wildman–Crippen LogP) is 4.15. The number of amides is 2. The second-order valence-corrected chi connectivity index (χ2v) is 6.83. The van der Waals surface area contributed by atoms with Crippen LogP contribution in [-0.2, 0) is 17.8 Å². The SMILES string of the molecule is O=C(Cc1cccc2ccccc12)NNC(=O)c1ccc(COc2ccc(F)cc2)o1. The minimum Gasteiger partial charge on any atom is -0.486 e. The summed E-state index contributed by atoms with van der Waals surface area (Å²) in [7, 11) is 0. The van der Waals surface area contributed by atoms with Crippen molar-refractivity contribution in [2.45, 2.75) is 13.0 Å². The largest absolute Gasteiger partial charge is 0.486 e. The molecule has 0 aliphatic heterocycles. The molecule has 1 heterocycles. The number of ether oxygens (including phenoxy) is 1. The van der Waals surface area contributed by atoms with E-state index in [2.05, 4.69) is 10.9 Å². The lowest BCUT2D eigenvalue weighted by Crippen LogP contribution is -2.42. The summed E-state index contributed by atoms with van der Waals surface area (Å²) >= 11 is 0. The molecular weight excluding hydrogens is 399 g/mol. The Morgan fingerprint density at radius 1 is 0.871 bits per heavy atom. The van der Waals surface area contributed by atoms with Crippen molar-refractivity contribution in [2.75, 3.05) is 0 Å². The van der Waals surface area contributed by atoms with Gasteiger partial charge in [-0.3, -0.25) is 20.4 Å². The van der Waals surface area contributed by atoms with Gasteiger partial charge in [-0.15, -0.1) is 0 Å². The van der Waals surface area contributed by atoms with E-state index in [1.807, 2.05) is 42.5 Å². The van der Waals surface area contributed by atoms with E-state index in [0.717, 1.165) is 16.3 Å². The van der Waals surface area contributed by atoms with E-state index < -0.39 is 5.91 Å². The van der Waals surface area contributed by atoms with Crippen LogP contribution in [-0.4, -0.2) is 11.8 Å². The van der Waals surface area contributed by atoms with Crippen LogP contribution < -0.4 is 15.6 Å². The van der Waals surface area contributed by atoms with Gasteiger partial charge in [0.2, 0.25) is 5.91 Å². The number of hydrogen-bond acceptors (Lipinski definition) is 4. The summed E-state index contributed by atoms with van der Waals surface area (Å²) in [5, 5.41) is 2.03. The normalized spacial score (nSPS) is 10.6. The van der Waals surface area contributed by atoms with Crippen molar-refractivity contribution < 1.29 is 23.1 Å². The van der Waals surface area contributed by atoms with Gasteiger partial charge in [0.05, 0.1) is 6.42 Å². The van der Waals surface area contributed by atoms with Crippen molar-refractivity contribution in [1.82, 2.24) is 10.9 Å². The summed E-state index contributed by atoms with van der Waals surface area (Å²) in [4.78, 5) is 24.5. The van der Waals surface area contributed by atoms with Gasteiger partial charge in [0.15, 0.2) is 5.76 Å². The fourth-order valence-corrected chi connectivity index (χ4v) is 3.11. The number of hydrogen-bond donors (Lipinski definition) is 2. The highest BCUT2D eigenvalue weighted by atomic mass is 19.1. The van der Waals surface area contributed by atoms with Gasteiger partial charge in [0.25, 0.3) is 0 Å². The third-order valence-electron chi connectivity index (χ3n) is 4.63. The Morgan fingerprint density at radius 2 is 1.65 bits per heavy atom. The molecule has 4 aromatic rings.